The minimum atomic E-state index is 0.631. The second kappa shape index (κ2) is 3.50. The molecule has 0 heterocycles. The maximum absolute atomic E-state index is 9.16. The van der Waals surface area contributed by atoms with E-state index in [1.54, 1.807) is 0 Å². The van der Waals surface area contributed by atoms with E-state index >= 15 is 0 Å². The summed E-state index contributed by atoms with van der Waals surface area (Å²) >= 11 is 0. The molecule has 4 bridgehead atoms. The van der Waals surface area contributed by atoms with Gasteiger partial charge in [0.05, 0.1) is 6.07 Å². The van der Waals surface area contributed by atoms with E-state index in [1.807, 2.05) is 0 Å². The third-order valence-electron chi connectivity index (χ3n) is 6.37. The third kappa shape index (κ3) is 1.56. The Morgan fingerprint density at radius 2 is 1.53 bits per heavy atom. The zero-order valence-electron chi connectivity index (χ0n) is 10.7. The van der Waals surface area contributed by atoms with Crippen LogP contribution < -0.4 is 0 Å². The van der Waals surface area contributed by atoms with Crippen LogP contribution in [0.1, 0.15) is 57.8 Å². The zero-order chi connectivity index (χ0) is 11.5. The topological polar surface area (TPSA) is 23.8 Å². The molecule has 0 aromatic heterocycles. The molecule has 0 aliphatic heterocycles. The fraction of sp³-hybridized carbons (Fsp3) is 0.938. The van der Waals surface area contributed by atoms with Crippen LogP contribution in [0.5, 0.6) is 0 Å². The first-order chi connectivity index (χ1) is 8.29. The first kappa shape index (κ1) is 10.4. The van der Waals surface area contributed by atoms with Crippen molar-refractivity contribution in [1.29, 1.82) is 5.26 Å². The van der Waals surface area contributed by atoms with Crippen LogP contribution in [0.4, 0.5) is 0 Å². The molecule has 1 unspecified atom stereocenters. The molecule has 0 aromatic carbocycles. The lowest BCUT2D eigenvalue weighted by Gasteiger charge is -2.59. The van der Waals surface area contributed by atoms with Crippen molar-refractivity contribution < 1.29 is 0 Å². The van der Waals surface area contributed by atoms with Gasteiger partial charge in [-0.1, -0.05) is 0 Å². The predicted molar refractivity (Wildman–Crippen MR) is 67.0 cm³/mol. The molecule has 0 saturated heterocycles. The minimum Gasteiger partial charge on any atom is -0.198 e. The maximum Gasteiger partial charge on any atom is 0.0624 e. The van der Waals surface area contributed by atoms with E-state index < -0.39 is 0 Å². The van der Waals surface area contributed by atoms with E-state index in [0.29, 0.717) is 5.41 Å². The minimum absolute atomic E-state index is 0.631. The van der Waals surface area contributed by atoms with E-state index in [9.17, 15) is 0 Å². The largest absolute Gasteiger partial charge is 0.198 e. The number of hydrogen-bond donors (Lipinski definition) is 0. The van der Waals surface area contributed by atoms with Gasteiger partial charge in [0.15, 0.2) is 0 Å². The van der Waals surface area contributed by atoms with Gasteiger partial charge in [0.2, 0.25) is 0 Å². The molecular weight excluding hydrogens is 206 g/mol. The molecular formula is C16H23N. The van der Waals surface area contributed by atoms with E-state index in [4.69, 9.17) is 5.26 Å². The van der Waals surface area contributed by atoms with Crippen molar-refractivity contribution in [2.75, 3.05) is 0 Å². The highest BCUT2D eigenvalue weighted by molar-refractivity contribution is 5.08. The van der Waals surface area contributed by atoms with Crippen LogP contribution in [0.15, 0.2) is 0 Å². The molecule has 5 aliphatic rings. The van der Waals surface area contributed by atoms with Gasteiger partial charge in [0.1, 0.15) is 0 Å². The molecule has 5 fully saturated rings. The number of nitriles is 1. The Kier molecular flexibility index (Phi) is 2.14. The lowest BCUT2D eigenvalue weighted by Crippen LogP contribution is -2.50. The van der Waals surface area contributed by atoms with Crippen LogP contribution in [0.25, 0.3) is 0 Å². The quantitative estimate of drug-likeness (QED) is 0.713. The highest BCUT2D eigenvalue weighted by atomic mass is 14.6. The number of hydrogen-bond acceptors (Lipinski definition) is 1. The summed E-state index contributed by atoms with van der Waals surface area (Å²) < 4.78 is 0. The average molecular weight is 229 g/mol. The molecule has 92 valence electrons. The molecule has 5 rings (SSSR count). The summed E-state index contributed by atoms with van der Waals surface area (Å²) in [7, 11) is 0. The first-order valence-corrected chi connectivity index (χ1v) is 7.66. The standard InChI is InChI=1S/C16H23N/c17-4-3-15(14-1-2-14)16-8-11-5-12(9-16)7-13(6-11)10-16/h11-15H,1-3,5-10H2. The molecule has 1 nitrogen and oxygen atoms in total. The molecule has 0 aromatic rings. The summed E-state index contributed by atoms with van der Waals surface area (Å²) in [6, 6.07) is 2.51. The molecule has 0 radical (unpaired) electrons. The van der Waals surface area contributed by atoms with Crippen molar-refractivity contribution in [2.45, 2.75) is 57.8 Å². The molecule has 0 N–H and O–H groups in total. The summed E-state index contributed by atoms with van der Waals surface area (Å²) in [6.07, 6.45) is 12.8. The predicted octanol–water partition coefficient (Wildman–Crippen LogP) is 4.14. The Labute approximate surface area is 105 Å². The molecule has 17 heavy (non-hydrogen) atoms. The molecule has 1 atom stereocenters. The van der Waals surface area contributed by atoms with Crippen LogP contribution in [0.3, 0.4) is 0 Å². The van der Waals surface area contributed by atoms with Gasteiger partial charge >= 0.3 is 0 Å². The van der Waals surface area contributed by atoms with Crippen molar-refractivity contribution in [2.24, 2.45) is 35.0 Å². The fourth-order valence-electron chi connectivity index (χ4n) is 6.11. The van der Waals surface area contributed by atoms with Crippen LogP contribution in [0, 0.1) is 46.3 Å². The molecule has 5 aliphatic carbocycles. The SMILES string of the molecule is N#CCC(C1CC1)C12CC3CC(CC(C3)C1)C2. The molecule has 0 spiro atoms. The monoisotopic (exact) mass is 229 g/mol. The second-order valence-corrected chi connectivity index (χ2v) is 7.59. The number of rotatable bonds is 3. The van der Waals surface area contributed by atoms with Gasteiger partial charge in [-0.2, -0.15) is 5.26 Å². The van der Waals surface area contributed by atoms with E-state index in [-0.39, 0.29) is 0 Å². The zero-order valence-corrected chi connectivity index (χ0v) is 10.7. The van der Waals surface area contributed by atoms with Gasteiger partial charge in [-0.05, 0) is 86.4 Å². The van der Waals surface area contributed by atoms with Gasteiger partial charge in [0, 0.05) is 6.42 Å². The average Bonchev–Trinajstić information content (AvgIpc) is 3.07. The Hall–Kier alpha value is -0.510. The van der Waals surface area contributed by atoms with E-state index in [0.717, 1.165) is 36.0 Å². The Morgan fingerprint density at radius 1 is 1.00 bits per heavy atom. The summed E-state index contributed by atoms with van der Waals surface area (Å²) in [5.74, 6) is 4.84. The Morgan fingerprint density at radius 3 is 1.94 bits per heavy atom. The Bertz CT molecular complexity index is 325. The third-order valence-corrected chi connectivity index (χ3v) is 6.37. The maximum atomic E-state index is 9.16. The molecule has 0 amide bonds. The van der Waals surface area contributed by atoms with Crippen LogP contribution in [-0.2, 0) is 0 Å². The van der Waals surface area contributed by atoms with Crippen LogP contribution in [0.2, 0.25) is 0 Å². The smallest absolute Gasteiger partial charge is 0.0624 e. The summed E-state index contributed by atoms with van der Waals surface area (Å²) in [6.45, 7) is 0. The normalized spacial score (nSPS) is 49.0. The van der Waals surface area contributed by atoms with Crippen molar-refractivity contribution >= 4 is 0 Å². The summed E-state index contributed by atoms with van der Waals surface area (Å²) in [5, 5.41) is 9.16. The van der Waals surface area contributed by atoms with Gasteiger partial charge in [-0.3, -0.25) is 0 Å². The fourth-order valence-corrected chi connectivity index (χ4v) is 6.11. The lowest BCUT2D eigenvalue weighted by atomic mass is 9.45. The molecule has 1 heteroatoms. The van der Waals surface area contributed by atoms with E-state index in [1.165, 1.54) is 51.4 Å². The second-order valence-electron chi connectivity index (χ2n) is 7.59. The van der Waals surface area contributed by atoms with Crippen LogP contribution in [-0.4, -0.2) is 0 Å². The van der Waals surface area contributed by atoms with Crippen molar-refractivity contribution in [3.8, 4) is 6.07 Å². The van der Waals surface area contributed by atoms with Crippen molar-refractivity contribution in [1.82, 2.24) is 0 Å². The Balaban J connectivity index is 1.64. The summed E-state index contributed by atoms with van der Waals surface area (Å²) in [4.78, 5) is 0. The summed E-state index contributed by atoms with van der Waals surface area (Å²) in [5.41, 5.74) is 0.631. The highest BCUT2D eigenvalue weighted by Crippen LogP contribution is 2.66. The van der Waals surface area contributed by atoms with Crippen LogP contribution >= 0.6 is 0 Å². The van der Waals surface area contributed by atoms with Crippen molar-refractivity contribution in [3.63, 3.8) is 0 Å². The van der Waals surface area contributed by atoms with Gasteiger partial charge in [-0.25, -0.2) is 0 Å². The van der Waals surface area contributed by atoms with Gasteiger partial charge in [-0.15, -0.1) is 0 Å². The first-order valence-electron chi connectivity index (χ1n) is 7.66. The highest BCUT2D eigenvalue weighted by Gasteiger charge is 2.56. The van der Waals surface area contributed by atoms with Gasteiger partial charge < -0.3 is 0 Å². The van der Waals surface area contributed by atoms with E-state index in [2.05, 4.69) is 6.07 Å². The van der Waals surface area contributed by atoms with Gasteiger partial charge in [0.25, 0.3) is 0 Å². The lowest BCUT2D eigenvalue weighted by molar-refractivity contribution is -0.0915. The molecule has 5 saturated carbocycles. The van der Waals surface area contributed by atoms with Crippen molar-refractivity contribution in [3.05, 3.63) is 0 Å². The number of nitrogens with zero attached hydrogens (tertiary/aromatic N) is 1.